The number of anilines is 1. The number of nitrogen functional groups attached to an aromatic ring is 1. The first-order valence-electron chi connectivity index (χ1n) is 5.53. The lowest BCUT2D eigenvalue weighted by molar-refractivity contribution is 0.281. The third-order valence-electron chi connectivity index (χ3n) is 2.60. The van der Waals surface area contributed by atoms with Crippen molar-refractivity contribution in [3.05, 3.63) is 53.3 Å². The number of benzene rings is 2. The van der Waals surface area contributed by atoms with Crippen LogP contribution < -0.4 is 10.5 Å². The molecular weight excluding hydrogens is 233 g/mol. The molecule has 0 atom stereocenters. The first-order valence-corrected chi connectivity index (χ1v) is 5.53. The minimum atomic E-state index is -0.357. The van der Waals surface area contributed by atoms with E-state index in [-0.39, 0.29) is 18.1 Å². The first kappa shape index (κ1) is 12.4. The van der Waals surface area contributed by atoms with E-state index in [0.717, 1.165) is 5.56 Å². The molecule has 2 aromatic carbocycles. The molecular formula is C14H14FNO2. The van der Waals surface area contributed by atoms with E-state index in [1.165, 1.54) is 6.07 Å². The normalized spacial score (nSPS) is 10.4. The lowest BCUT2D eigenvalue weighted by Gasteiger charge is -2.10. The topological polar surface area (TPSA) is 55.5 Å². The molecule has 0 fully saturated rings. The average Bonchev–Trinajstić information content (AvgIpc) is 2.36. The molecule has 0 aliphatic carbocycles. The molecule has 18 heavy (non-hydrogen) atoms. The molecule has 3 N–H and O–H groups in total. The Hall–Kier alpha value is -2.07. The van der Waals surface area contributed by atoms with Crippen molar-refractivity contribution in [2.75, 3.05) is 5.73 Å². The van der Waals surface area contributed by atoms with E-state index >= 15 is 0 Å². The van der Waals surface area contributed by atoms with Gasteiger partial charge in [-0.25, -0.2) is 4.39 Å². The van der Waals surface area contributed by atoms with E-state index in [1.54, 1.807) is 37.3 Å². The lowest BCUT2D eigenvalue weighted by atomic mass is 10.2. The van der Waals surface area contributed by atoms with Gasteiger partial charge in [-0.3, -0.25) is 0 Å². The highest BCUT2D eigenvalue weighted by Crippen LogP contribution is 2.30. The van der Waals surface area contributed by atoms with Crippen LogP contribution in [0.4, 0.5) is 10.1 Å². The quantitative estimate of drug-likeness (QED) is 0.820. The highest BCUT2D eigenvalue weighted by Gasteiger charge is 2.07. The van der Waals surface area contributed by atoms with Crippen LogP contribution in [-0.2, 0) is 6.61 Å². The molecule has 0 saturated carbocycles. The van der Waals surface area contributed by atoms with Crippen LogP contribution in [0.5, 0.6) is 11.5 Å². The average molecular weight is 247 g/mol. The van der Waals surface area contributed by atoms with E-state index in [2.05, 4.69) is 0 Å². The summed E-state index contributed by atoms with van der Waals surface area (Å²) in [6.07, 6.45) is 0. The fraction of sp³-hybridized carbons (Fsp3) is 0.143. The molecule has 0 aliphatic rings. The van der Waals surface area contributed by atoms with Crippen molar-refractivity contribution in [3.63, 3.8) is 0 Å². The van der Waals surface area contributed by atoms with Crippen LogP contribution in [0.2, 0.25) is 0 Å². The SMILES string of the molecule is Cc1cc(Oc2cccc(CO)c2)c(N)cc1F. The largest absolute Gasteiger partial charge is 0.455 e. The van der Waals surface area contributed by atoms with Crippen LogP contribution in [0.3, 0.4) is 0 Å². The Morgan fingerprint density at radius 1 is 1.28 bits per heavy atom. The second-order valence-electron chi connectivity index (χ2n) is 4.05. The number of halogens is 1. The second-order valence-corrected chi connectivity index (χ2v) is 4.05. The van der Waals surface area contributed by atoms with Gasteiger partial charge in [0, 0.05) is 6.07 Å². The summed E-state index contributed by atoms with van der Waals surface area (Å²) in [5.41, 5.74) is 7.15. The zero-order chi connectivity index (χ0) is 13.1. The summed E-state index contributed by atoms with van der Waals surface area (Å²) >= 11 is 0. The number of hydrogen-bond donors (Lipinski definition) is 2. The van der Waals surface area contributed by atoms with Crippen LogP contribution in [0.15, 0.2) is 36.4 Å². The molecule has 2 aromatic rings. The molecule has 0 aromatic heterocycles. The molecule has 4 heteroatoms. The maximum atomic E-state index is 13.2. The summed E-state index contributed by atoms with van der Waals surface area (Å²) in [5.74, 6) is 0.604. The highest BCUT2D eigenvalue weighted by atomic mass is 19.1. The minimum Gasteiger partial charge on any atom is -0.455 e. The monoisotopic (exact) mass is 247 g/mol. The number of aryl methyl sites for hydroxylation is 1. The van der Waals surface area contributed by atoms with Gasteiger partial charge in [0.05, 0.1) is 12.3 Å². The van der Waals surface area contributed by atoms with Gasteiger partial charge in [-0.1, -0.05) is 12.1 Å². The van der Waals surface area contributed by atoms with E-state index in [9.17, 15) is 4.39 Å². The molecule has 0 bridgehead atoms. The van der Waals surface area contributed by atoms with Gasteiger partial charge < -0.3 is 15.6 Å². The maximum absolute atomic E-state index is 13.2. The number of aliphatic hydroxyl groups excluding tert-OH is 1. The Balaban J connectivity index is 2.30. The predicted molar refractivity (Wildman–Crippen MR) is 68.0 cm³/mol. The zero-order valence-corrected chi connectivity index (χ0v) is 9.98. The molecule has 94 valence electrons. The van der Waals surface area contributed by atoms with E-state index in [1.807, 2.05) is 0 Å². The smallest absolute Gasteiger partial charge is 0.150 e. The van der Waals surface area contributed by atoms with Crippen LogP contribution in [0.25, 0.3) is 0 Å². The van der Waals surface area contributed by atoms with Crippen molar-refractivity contribution < 1.29 is 14.2 Å². The molecule has 0 spiro atoms. The zero-order valence-electron chi connectivity index (χ0n) is 9.98. The van der Waals surface area contributed by atoms with E-state index in [0.29, 0.717) is 17.1 Å². The molecule has 3 nitrogen and oxygen atoms in total. The van der Waals surface area contributed by atoms with Crippen molar-refractivity contribution in [1.29, 1.82) is 0 Å². The molecule has 0 radical (unpaired) electrons. The molecule has 0 heterocycles. The Labute approximate surface area is 105 Å². The van der Waals surface area contributed by atoms with E-state index < -0.39 is 0 Å². The Morgan fingerprint density at radius 3 is 2.78 bits per heavy atom. The van der Waals surface area contributed by atoms with Crippen molar-refractivity contribution in [1.82, 2.24) is 0 Å². The summed E-state index contributed by atoms with van der Waals surface area (Å²) < 4.78 is 18.8. The van der Waals surface area contributed by atoms with Crippen LogP contribution >= 0.6 is 0 Å². The van der Waals surface area contributed by atoms with Crippen molar-refractivity contribution in [2.45, 2.75) is 13.5 Å². The van der Waals surface area contributed by atoms with Gasteiger partial charge in [-0.15, -0.1) is 0 Å². The lowest BCUT2D eigenvalue weighted by Crippen LogP contribution is -1.95. The molecule has 0 aliphatic heterocycles. The van der Waals surface area contributed by atoms with Gasteiger partial charge in [-0.2, -0.15) is 0 Å². The minimum absolute atomic E-state index is 0.0604. The Kier molecular flexibility index (Phi) is 3.48. The standard InChI is InChI=1S/C14H14FNO2/c1-9-5-14(13(16)7-12(9)15)18-11-4-2-3-10(6-11)8-17/h2-7,17H,8,16H2,1H3. The molecule has 0 amide bonds. The van der Waals surface area contributed by atoms with Gasteiger partial charge in [0.15, 0.2) is 5.75 Å². The Morgan fingerprint density at radius 2 is 2.06 bits per heavy atom. The fourth-order valence-electron chi connectivity index (χ4n) is 1.59. The van der Waals surface area contributed by atoms with Gasteiger partial charge in [0.1, 0.15) is 11.6 Å². The van der Waals surface area contributed by atoms with Gasteiger partial charge >= 0.3 is 0 Å². The van der Waals surface area contributed by atoms with Gasteiger partial charge in [0.2, 0.25) is 0 Å². The number of nitrogens with two attached hydrogens (primary N) is 1. The third kappa shape index (κ3) is 2.60. The van der Waals surface area contributed by atoms with Crippen LogP contribution in [-0.4, -0.2) is 5.11 Å². The maximum Gasteiger partial charge on any atom is 0.150 e. The van der Waals surface area contributed by atoms with Crippen LogP contribution in [0.1, 0.15) is 11.1 Å². The van der Waals surface area contributed by atoms with Crippen molar-refractivity contribution >= 4 is 5.69 Å². The summed E-state index contributed by atoms with van der Waals surface area (Å²) in [6.45, 7) is 1.58. The summed E-state index contributed by atoms with van der Waals surface area (Å²) in [4.78, 5) is 0. The Bertz CT molecular complexity index is 570. The first-order chi connectivity index (χ1) is 8.60. The summed E-state index contributed by atoms with van der Waals surface area (Å²) in [7, 11) is 0. The fourth-order valence-corrected chi connectivity index (χ4v) is 1.59. The van der Waals surface area contributed by atoms with Gasteiger partial charge in [0.25, 0.3) is 0 Å². The molecule has 0 saturated heterocycles. The second kappa shape index (κ2) is 5.06. The third-order valence-corrected chi connectivity index (χ3v) is 2.60. The van der Waals surface area contributed by atoms with Crippen molar-refractivity contribution in [3.8, 4) is 11.5 Å². The van der Waals surface area contributed by atoms with Crippen LogP contribution in [0, 0.1) is 12.7 Å². The molecule has 0 unspecified atom stereocenters. The van der Waals surface area contributed by atoms with Gasteiger partial charge in [-0.05, 0) is 36.2 Å². The van der Waals surface area contributed by atoms with E-state index in [4.69, 9.17) is 15.6 Å². The highest BCUT2D eigenvalue weighted by molar-refractivity contribution is 5.55. The number of rotatable bonds is 3. The number of ether oxygens (including phenoxy) is 1. The predicted octanol–water partition coefficient (Wildman–Crippen LogP) is 3.00. The summed E-state index contributed by atoms with van der Waals surface area (Å²) in [6, 6.07) is 9.80. The molecule has 2 rings (SSSR count). The summed E-state index contributed by atoms with van der Waals surface area (Å²) in [5, 5.41) is 9.03. The van der Waals surface area contributed by atoms with Crippen molar-refractivity contribution in [2.24, 2.45) is 0 Å². The number of hydrogen-bond acceptors (Lipinski definition) is 3. The number of aliphatic hydroxyl groups is 1.